The molecule has 0 aromatic carbocycles. The average Bonchev–Trinajstić information content (AvgIpc) is 3.42. The highest BCUT2D eigenvalue weighted by Crippen LogP contribution is 2.29. The van der Waals surface area contributed by atoms with Crippen LogP contribution in [-0.4, -0.2) is 60.5 Å². The van der Waals surface area contributed by atoms with Gasteiger partial charge in [-0.1, -0.05) is 0 Å². The highest BCUT2D eigenvalue weighted by atomic mass is 16.5. The number of rotatable bonds is 5. The molecule has 0 saturated carbocycles. The van der Waals surface area contributed by atoms with Gasteiger partial charge in [0.25, 0.3) is 5.56 Å². The van der Waals surface area contributed by atoms with Crippen LogP contribution < -0.4 is 5.56 Å². The van der Waals surface area contributed by atoms with Gasteiger partial charge in [0, 0.05) is 56.3 Å². The standard InChI is InChI=1S/C21H27N7O2/c1-25-18-7-12-30-19(17(18)13-23-25)15-26-10-5-16(6-11-26)14-28-21(29)4-3-20(24-28)27-9-2-8-22-27/h2-4,8-9,13,16,19H,5-7,10-12,14-15H2,1H3. The van der Waals surface area contributed by atoms with Crippen LogP contribution in [0, 0.1) is 5.92 Å². The van der Waals surface area contributed by atoms with Crippen LogP contribution in [0.2, 0.25) is 0 Å². The van der Waals surface area contributed by atoms with Gasteiger partial charge in [0.15, 0.2) is 5.82 Å². The second-order valence-corrected chi connectivity index (χ2v) is 8.19. The molecule has 5 heterocycles. The summed E-state index contributed by atoms with van der Waals surface area (Å²) in [6.45, 7) is 4.32. The SMILES string of the molecule is Cn1ncc2c1CCOC2CN1CCC(Cn2nc(-n3cccn3)ccc2=O)CC1. The van der Waals surface area contributed by atoms with Gasteiger partial charge in [-0.25, -0.2) is 9.36 Å². The third-order valence-electron chi connectivity index (χ3n) is 6.25. The van der Waals surface area contributed by atoms with Crippen molar-refractivity contribution in [2.24, 2.45) is 13.0 Å². The molecule has 1 fully saturated rings. The lowest BCUT2D eigenvalue weighted by Crippen LogP contribution is -2.40. The summed E-state index contributed by atoms with van der Waals surface area (Å²) >= 11 is 0. The molecular formula is C21H27N7O2. The normalized spacial score (nSPS) is 20.4. The molecule has 2 aliphatic rings. The van der Waals surface area contributed by atoms with Gasteiger partial charge < -0.3 is 9.64 Å². The van der Waals surface area contributed by atoms with Crippen molar-refractivity contribution in [3.63, 3.8) is 0 Å². The molecule has 0 amide bonds. The first-order valence-corrected chi connectivity index (χ1v) is 10.6. The van der Waals surface area contributed by atoms with Crippen LogP contribution in [0.3, 0.4) is 0 Å². The van der Waals surface area contributed by atoms with E-state index in [-0.39, 0.29) is 11.7 Å². The summed E-state index contributed by atoms with van der Waals surface area (Å²) in [7, 11) is 2.00. The summed E-state index contributed by atoms with van der Waals surface area (Å²) in [6.07, 6.45) is 8.63. The molecule has 9 nitrogen and oxygen atoms in total. The van der Waals surface area contributed by atoms with E-state index in [4.69, 9.17) is 4.74 Å². The van der Waals surface area contributed by atoms with Gasteiger partial charge >= 0.3 is 0 Å². The Kier molecular flexibility index (Phi) is 5.22. The molecule has 9 heteroatoms. The molecule has 0 N–H and O–H groups in total. The van der Waals surface area contributed by atoms with Crippen LogP contribution in [0.15, 0.2) is 41.6 Å². The first kappa shape index (κ1) is 19.2. The van der Waals surface area contributed by atoms with E-state index in [0.29, 0.717) is 18.3 Å². The highest BCUT2D eigenvalue weighted by Gasteiger charge is 2.28. The van der Waals surface area contributed by atoms with Crippen molar-refractivity contribution >= 4 is 0 Å². The van der Waals surface area contributed by atoms with Crippen molar-refractivity contribution < 1.29 is 4.74 Å². The van der Waals surface area contributed by atoms with Crippen molar-refractivity contribution in [2.75, 3.05) is 26.2 Å². The first-order valence-electron chi connectivity index (χ1n) is 10.6. The molecule has 1 saturated heterocycles. The quantitative estimate of drug-likeness (QED) is 0.630. The monoisotopic (exact) mass is 409 g/mol. The van der Waals surface area contributed by atoms with Crippen LogP contribution in [0.4, 0.5) is 0 Å². The van der Waals surface area contributed by atoms with E-state index in [2.05, 4.69) is 20.2 Å². The number of hydrogen-bond acceptors (Lipinski definition) is 6. The van der Waals surface area contributed by atoms with Gasteiger partial charge in [-0.2, -0.15) is 10.2 Å². The molecule has 0 spiro atoms. The Hall–Kier alpha value is -2.78. The minimum Gasteiger partial charge on any atom is -0.372 e. The molecule has 0 radical (unpaired) electrons. The zero-order chi connectivity index (χ0) is 20.5. The number of likely N-dealkylation sites (tertiary alicyclic amines) is 1. The number of aromatic nitrogens is 6. The largest absolute Gasteiger partial charge is 0.372 e. The fourth-order valence-corrected chi connectivity index (χ4v) is 4.52. The smallest absolute Gasteiger partial charge is 0.266 e. The van der Waals surface area contributed by atoms with Crippen LogP contribution in [0.5, 0.6) is 0 Å². The minimum atomic E-state index is -0.0620. The van der Waals surface area contributed by atoms with E-state index >= 15 is 0 Å². The van der Waals surface area contributed by atoms with E-state index in [9.17, 15) is 4.79 Å². The molecule has 1 unspecified atom stereocenters. The van der Waals surface area contributed by atoms with Crippen LogP contribution in [0.1, 0.15) is 30.2 Å². The van der Waals surface area contributed by atoms with E-state index in [1.807, 2.05) is 30.2 Å². The Morgan fingerprint density at radius 3 is 2.83 bits per heavy atom. The van der Waals surface area contributed by atoms with Crippen molar-refractivity contribution in [2.45, 2.75) is 31.9 Å². The van der Waals surface area contributed by atoms with Crippen molar-refractivity contribution in [3.05, 3.63) is 58.4 Å². The van der Waals surface area contributed by atoms with Gasteiger partial charge in [-0.15, -0.1) is 5.10 Å². The third-order valence-corrected chi connectivity index (χ3v) is 6.25. The summed E-state index contributed by atoms with van der Waals surface area (Å²) in [5.74, 6) is 1.11. The Labute approximate surface area is 174 Å². The third kappa shape index (κ3) is 3.82. The van der Waals surface area contributed by atoms with Crippen molar-refractivity contribution in [1.82, 2.24) is 34.2 Å². The number of aryl methyl sites for hydroxylation is 1. The fraction of sp³-hybridized carbons (Fsp3) is 0.524. The van der Waals surface area contributed by atoms with Crippen LogP contribution in [-0.2, 0) is 24.8 Å². The average molecular weight is 409 g/mol. The van der Waals surface area contributed by atoms with Crippen LogP contribution in [0.25, 0.3) is 5.82 Å². The Morgan fingerprint density at radius 2 is 2.03 bits per heavy atom. The Bertz CT molecular complexity index is 1050. The number of hydrogen-bond donors (Lipinski definition) is 0. The topological polar surface area (TPSA) is 83.0 Å². The number of ether oxygens (including phenoxy) is 1. The summed E-state index contributed by atoms with van der Waals surface area (Å²) in [5, 5.41) is 13.1. The second-order valence-electron chi connectivity index (χ2n) is 8.19. The summed E-state index contributed by atoms with van der Waals surface area (Å²) in [6, 6.07) is 5.13. The van der Waals surface area contributed by atoms with E-state index in [0.717, 1.165) is 45.5 Å². The van der Waals surface area contributed by atoms with Crippen LogP contribution >= 0.6 is 0 Å². The Morgan fingerprint density at radius 1 is 1.17 bits per heavy atom. The zero-order valence-corrected chi connectivity index (χ0v) is 17.2. The summed E-state index contributed by atoms with van der Waals surface area (Å²) in [4.78, 5) is 14.8. The predicted octanol–water partition coefficient (Wildman–Crippen LogP) is 1.19. The molecule has 1 atom stereocenters. The fourth-order valence-electron chi connectivity index (χ4n) is 4.52. The number of piperidine rings is 1. The molecular weight excluding hydrogens is 382 g/mol. The zero-order valence-electron chi connectivity index (χ0n) is 17.2. The summed E-state index contributed by atoms with van der Waals surface area (Å²) < 4.78 is 11.3. The number of nitrogens with zero attached hydrogens (tertiary/aromatic N) is 7. The molecule has 30 heavy (non-hydrogen) atoms. The molecule has 2 aliphatic heterocycles. The van der Waals surface area contributed by atoms with Crippen molar-refractivity contribution in [1.29, 1.82) is 0 Å². The minimum absolute atomic E-state index is 0.0620. The lowest BCUT2D eigenvalue weighted by molar-refractivity contribution is 0.00700. The summed E-state index contributed by atoms with van der Waals surface area (Å²) in [5.41, 5.74) is 2.47. The maximum Gasteiger partial charge on any atom is 0.266 e. The first-order chi connectivity index (χ1) is 14.7. The van der Waals surface area contributed by atoms with E-state index in [1.165, 1.54) is 11.3 Å². The van der Waals surface area contributed by atoms with Gasteiger partial charge in [0.1, 0.15) is 0 Å². The number of fused-ring (bicyclic) bond motifs is 1. The van der Waals surface area contributed by atoms with Crippen molar-refractivity contribution in [3.8, 4) is 5.82 Å². The van der Waals surface area contributed by atoms with E-state index < -0.39 is 0 Å². The molecule has 3 aromatic heterocycles. The Balaban J connectivity index is 1.19. The molecule has 0 bridgehead atoms. The molecule has 3 aromatic rings. The van der Waals surface area contributed by atoms with Gasteiger partial charge in [-0.3, -0.25) is 9.48 Å². The molecule has 0 aliphatic carbocycles. The molecule has 5 rings (SSSR count). The second kappa shape index (κ2) is 8.16. The molecule has 158 valence electrons. The van der Waals surface area contributed by atoms with E-state index in [1.54, 1.807) is 27.7 Å². The van der Waals surface area contributed by atoms with Gasteiger partial charge in [0.2, 0.25) is 0 Å². The lowest BCUT2D eigenvalue weighted by atomic mass is 9.96. The maximum absolute atomic E-state index is 12.3. The lowest BCUT2D eigenvalue weighted by Gasteiger charge is -2.35. The predicted molar refractivity (Wildman–Crippen MR) is 110 cm³/mol. The van der Waals surface area contributed by atoms with Gasteiger partial charge in [0.05, 0.1) is 18.9 Å². The highest BCUT2D eigenvalue weighted by molar-refractivity contribution is 5.23. The maximum atomic E-state index is 12.3. The van der Waals surface area contributed by atoms with Gasteiger partial charge in [-0.05, 0) is 44.0 Å².